The molecule has 0 spiro atoms. The van der Waals surface area contributed by atoms with Gasteiger partial charge in [0.25, 0.3) is 5.91 Å². The van der Waals surface area contributed by atoms with E-state index < -0.39 is 18.5 Å². The number of carbonyl (C=O) groups excluding carboxylic acids is 3. The normalized spacial score (nSPS) is 10.9. The lowest BCUT2D eigenvalue weighted by atomic mass is 9.87. The van der Waals surface area contributed by atoms with Crippen molar-refractivity contribution < 1.29 is 19.1 Å². The number of benzene rings is 3. The molecular weight excluding hydrogens is 390 g/mol. The van der Waals surface area contributed by atoms with Crippen LogP contribution in [0.1, 0.15) is 52.6 Å². The average Bonchev–Trinajstić information content (AvgIpc) is 2.77. The standard InChI is InChI=1S/C26H25NO4/c1-26(2,3)21-13-15-22(16-14-21)27-23(28)17-31-25(30)20-11-9-19(10-12-20)24(29)18-7-5-4-6-8-18/h4-16H,17H2,1-3H3,(H,27,28). The smallest absolute Gasteiger partial charge is 0.338 e. The number of esters is 1. The summed E-state index contributed by atoms with van der Waals surface area (Å²) in [7, 11) is 0. The number of carbonyl (C=O) groups is 3. The maximum atomic E-state index is 12.4. The number of nitrogens with one attached hydrogen (secondary N) is 1. The van der Waals surface area contributed by atoms with Gasteiger partial charge in [-0.05, 0) is 35.2 Å². The molecule has 3 aromatic carbocycles. The van der Waals surface area contributed by atoms with Gasteiger partial charge >= 0.3 is 5.97 Å². The van der Waals surface area contributed by atoms with E-state index in [1.54, 1.807) is 36.4 Å². The van der Waals surface area contributed by atoms with Crippen molar-refractivity contribution in [2.45, 2.75) is 26.2 Å². The summed E-state index contributed by atoms with van der Waals surface area (Å²) in [6, 6.07) is 22.6. The van der Waals surface area contributed by atoms with Crippen molar-refractivity contribution in [3.8, 4) is 0 Å². The molecule has 0 heterocycles. The fourth-order valence-electron chi connectivity index (χ4n) is 2.98. The first-order valence-corrected chi connectivity index (χ1v) is 10.0. The van der Waals surface area contributed by atoms with Gasteiger partial charge in [0.15, 0.2) is 12.4 Å². The van der Waals surface area contributed by atoms with Crippen LogP contribution in [0.5, 0.6) is 0 Å². The number of ketones is 1. The maximum Gasteiger partial charge on any atom is 0.338 e. The number of hydrogen-bond donors (Lipinski definition) is 1. The van der Waals surface area contributed by atoms with Crippen molar-refractivity contribution in [3.63, 3.8) is 0 Å². The highest BCUT2D eigenvalue weighted by atomic mass is 16.5. The summed E-state index contributed by atoms with van der Waals surface area (Å²) >= 11 is 0. The molecule has 3 rings (SSSR count). The number of amides is 1. The number of ether oxygens (including phenoxy) is 1. The van der Waals surface area contributed by atoms with Gasteiger partial charge in [0.05, 0.1) is 5.56 Å². The summed E-state index contributed by atoms with van der Waals surface area (Å²) < 4.78 is 5.09. The highest BCUT2D eigenvalue weighted by molar-refractivity contribution is 6.09. The minimum atomic E-state index is -0.628. The molecule has 1 N–H and O–H groups in total. The van der Waals surface area contributed by atoms with E-state index in [1.165, 1.54) is 12.1 Å². The summed E-state index contributed by atoms with van der Waals surface area (Å²) in [6.07, 6.45) is 0. The number of anilines is 1. The molecule has 5 heteroatoms. The third kappa shape index (κ3) is 5.89. The second-order valence-electron chi connectivity index (χ2n) is 8.22. The SMILES string of the molecule is CC(C)(C)c1ccc(NC(=O)COC(=O)c2ccc(C(=O)c3ccccc3)cc2)cc1. The van der Waals surface area contributed by atoms with Gasteiger partial charge in [-0.1, -0.05) is 75.4 Å². The molecule has 0 aliphatic carbocycles. The Morgan fingerprint density at radius 1 is 0.742 bits per heavy atom. The Morgan fingerprint density at radius 3 is 1.87 bits per heavy atom. The van der Waals surface area contributed by atoms with E-state index in [2.05, 4.69) is 26.1 Å². The molecule has 0 atom stereocenters. The second kappa shape index (κ2) is 9.39. The molecule has 0 fully saturated rings. The maximum absolute atomic E-state index is 12.4. The first kappa shape index (κ1) is 22.0. The lowest BCUT2D eigenvalue weighted by Gasteiger charge is -2.19. The Kier molecular flexibility index (Phi) is 6.65. The zero-order valence-corrected chi connectivity index (χ0v) is 17.8. The molecule has 1 amide bonds. The molecule has 0 aliphatic heterocycles. The van der Waals surface area contributed by atoms with E-state index in [-0.39, 0.29) is 16.8 Å². The Hall–Kier alpha value is -3.73. The van der Waals surface area contributed by atoms with Crippen molar-refractivity contribution in [3.05, 3.63) is 101 Å². The lowest BCUT2D eigenvalue weighted by Crippen LogP contribution is -2.21. The van der Waals surface area contributed by atoms with E-state index in [0.29, 0.717) is 16.8 Å². The summed E-state index contributed by atoms with van der Waals surface area (Å²) in [5.41, 5.74) is 3.14. The van der Waals surface area contributed by atoms with Gasteiger partial charge in [0.2, 0.25) is 0 Å². The fraction of sp³-hybridized carbons (Fsp3) is 0.192. The van der Waals surface area contributed by atoms with Gasteiger partial charge in [0, 0.05) is 16.8 Å². The molecule has 0 unspecified atom stereocenters. The van der Waals surface area contributed by atoms with Crippen LogP contribution in [0.4, 0.5) is 5.69 Å². The minimum Gasteiger partial charge on any atom is -0.452 e. The fourth-order valence-corrected chi connectivity index (χ4v) is 2.98. The van der Waals surface area contributed by atoms with Crippen molar-refractivity contribution >= 4 is 23.3 Å². The molecule has 0 radical (unpaired) electrons. The average molecular weight is 415 g/mol. The van der Waals surface area contributed by atoms with Gasteiger partial charge in [0.1, 0.15) is 0 Å². The Balaban J connectivity index is 1.53. The van der Waals surface area contributed by atoms with Crippen molar-refractivity contribution in [1.29, 1.82) is 0 Å². The Bertz CT molecular complexity index is 1060. The predicted molar refractivity (Wildman–Crippen MR) is 120 cm³/mol. The largest absolute Gasteiger partial charge is 0.452 e. The molecule has 31 heavy (non-hydrogen) atoms. The summed E-state index contributed by atoms with van der Waals surface area (Å²) in [5.74, 6) is -1.18. The van der Waals surface area contributed by atoms with Crippen LogP contribution >= 0.6 is 0 Å². The van der Waals surface area contributed by atoms with Crippen molar-refractivity contribution in [2.75, 3.05) is 11.9 Å². The highest BCUT2D eigenvalue weighted by Gasteiger charge is 2.15. The summed E-state index contributed by atoms with van der Waals surface area (Å²) in [6.45, 7) is 5.95. The lowest BCUT2D eigenvalue weighted by molar-refractivity contribution is -0.119. The molecule has 5 nitrogen and oxygen atoms in total. The first-order valence-electron chi connectivity index (χ1n) is 10.0. The molecular formula is C26H25NO4. The van der Waals surface area contributed by atoms with Gasteiger partial charge in [-0.3, -0.25) is 9.59 Å². The molecule has 0 aromatic heterocycles. The van der Waals surface area contributed by atoms with Gasteiger partial charge in [-0.2, -0.15) is 0 Å². The molecule has 0 saturated heterocycles. The molecule has 0 aliphatic rings. The highest BCUT2D eigenvalue weighted by Crippen LogP contribution is 2.23. The molecule has 158 valence electrons. The van der Waals surface area contributed by atoms with E-state index in [1.807, 2.05) is 30.3 Å². The Labute approximate surface area is 182 Å². The predicted octanol–water partition coefficient (Wildman–Crippen LogP) is 5.01. The second-order valence-corrected chi connectivity index (χ2v) is 8.22. The van der Waals surface area contributed by atoms with Crippen LogP contribution in [0, 0.1) is 0 Å². The van der Waals surface area contributed by atoms with Crippen LogP contribution in [-0.2, 0) is 14.9 Å². The molecule has 0 bridgehead atoms. The summed E-state index contributed by atoms with van der Waals surface area (Å²) in [5, 5.41) is 2.71. The molecule has 3 aromatic rings. The summed E-state index contributed by atoms with van der Waals surface area (Å²) in [4.78, 5) is 36.7. The zero-order chi connectivity index (χ0) is 22.4. The van der Waals surface area contributed by atoms with E-state index in [4.69, 9.17) is 4.74 Å². The number of hydrogen-bond acceptors (Lipinski definition) is 4. The van der Waals surface area contributed by atoms with E-state index >= 15 is 0 Å². The zero-order valence-electron chi connectivity index (χ0n) is 17.8. The van der Waals surface area contributed by atoms with Crippen LogP contribution in [0.15, 0.2) is 78.9 Å². The van der Waals surface area contributed by atoms with Gasteiger partial charge < -0.3 is 10.1 Å². The third-order valence-corrected chi connectivity index (χ3v) is 4.79. The van der Waals surface area contributed by atoms with Crippen LogP contribution in [0.25, 0.3) is 0 Å². The topological polar surface area (TPSA) is 72.5 Å². The van der Waals surface area contributed by atoms with Crippen molar-refractivity contribution in [1.82, 2.24) is 0 Å². The molecule has 0 saturated carbocycles. The van der Waals surface area contributed by atoms with E-state index in [9.17, 15) is 14.4 Å². The monoisotopic (exact) mass is 415 g/mol. The van der Waals surface area contributed by atoms with Crippen LogP contribution in [-0.4, -0.2) is 24.3 Å². The minimum absolute atomic E-state index is 0.0271. The quantitative estimate of drug-likeness (QED) is 0.454. The van der Waals surface area contributed by atoms with Gasteiger partial charge in [-0.25, -0.2) is 4.79 Å². The Morgan fingerprint density at radius 2 is 1.29 bits per heavy atom. The van der Waals surface area contributed by atoms with Crippen LogP contribution < -0.4 is 5.32 Å². The number of rotatable bonds is 6. The third-order valence-electron chi connectivity index (χ3n) is 4.79. The van der Waals surface area contributed by atoms with Crippen LogP contribution in [0.3, 0.4) is 0 Å². The van der Waals surface area contributed by atoms with Crippen molar-refractivity contribution in [2.24, 2.45) is 0 Å². The van der Waals surface area contributed by atoms with E-state index in [0.717, 1.165) is 5.56 Å². The van der Waals surface area contributed by atoms with Crippen LogP contribution in [0.2, 0.25) is 0 Å². The van der Waals surface area contributed by atoms with Gasteiger partial charge in [-0.15, -0.1) is 0 Å². The first-order chi connectivity index (χ1) is 14.7.